The summed E-state index contributed by atoms with van der Waals surface area (Å²) in [7, 11) is 0. The maximum atomic E-state index is 12.3. The number of pyridine rings is 1. The van der Waals surface area contributed by atoms with Gasteiger partial charge in [0.1, 0.15) is 11.3 Å². The number of amides is 2. The molecule has 0 bridgehead atoms. The number of carbonyl (C=O) groups is 2. The SMILES string of the molecule is CC(C)(C)OC(=O)Nc1ccc(NC(=O)OCC2CCN(c3ccncc3)CC2)c([N+](=O)[O-])c1. The molecule has 0 radical (unpaired) electrons. The normalized spacial score (nSPS) is 14.3. The topological polar surface area (TPSA) is 136 Å². The van der Waals surface area contributed by atoms with Crippen LogP contribution in [0.5, 0.6) is 0 Å². The second-order valence-corrected chi connectivity index (χ2v) is 8.98. The van der Waals surface area contributed by atoms with Crippen molar-refractivity contribution in [3.05, 3.63) is 52.8 Å². The van der Waals surface area contributed by atoms with E-state index >= 15 is 0 Å². The fourth-order valence-corrected chi connectivity index (χ4v) is 3.54. The van der Waals surface area contributed by atoms with Crippen molar-refractivity contribution >= 4 is 34.9 Å². The highest BCUT2D eigenvalue weighted by atomic mass is 16.6. The zero-order valence-corrected chi connectivity index (χ0v) is 19.4. The maximum absolute atomic E-state index is 12.3. The van der Waals surface area contributed by atoms with Gasteiger partial charge in [0, 0.05) is 37.2 Å². The van der Waals surface area contributed by atoms with Gasteiger partial charge in [0.15, 0.2) is 0 Å². The second kappa shape index (κ2) is 10.8. The number of ether oxygens (including phenoxy) is 2. The average molecular weight is 472 g/mol. The van der Waals surface area contributed by atoms with Gasteiger partial charge in [-0.3, -0.25) is 25.7 Å². The van der Waals surface area contributed by atoms with Crippen LogP contribution in [-0.2, 0) is 9.47 Å². The molecule has 2 amide bonds. The van der Waals surface area contributed by atoms with Crippen LogP contribution in [-0.4, -0.2) is 47.4 Å². The van der Waals surface area contributed by atoms with E-state index in [-0.39, 0.29) is 29.6 Å². The van der Waals surface area contributed by atoms with E-state index in [1.807, 2.05) is 12.1 Å². The number of hydrogen-bond donors (Lipinski definition) is 2. The number of anilines is 3. The van der Waals surface area contributed by atoms with Crippen LogP contribution in [0.1, 0.15) is 33.6 Å². The number of nitro benzene ring substituents is 1. The highest BCUT2D eigenvalue weighted by Gasteiger charge is 2.23. The van der Waals surface area contributed by atoms with E-state index in [4.69, 9.17) is 9.47 Å². The first-order valence-electron chi connectivity index (χ1n) is 11.0. The lowest BCUT2D eigenvalue weighted by atomic mass is 9.97. The summed E-state index contributed by atoms with van der Waals surface area (Å²) >= 11 is 0. The Bertz CT molecular complexity index is 1020. The molecule has 1 saturated heterocycles. The van der Waals surface area contributed by atoms with E-state index in [2.05, 4.69) is 20.5 Å². The van der Waals surface area contributed by atoms with Crippen molar-refractivity contribution in [2.24, 2.45) is 5.92 Å². The predicted molar refractivity (Wildman–Crippen MR) is 127 cm³/mol. The first-order chi connectivity index (χ1) is 16.1. The summed E-state index contributed by atoms with van der Waals surface area (Å²) < 4.78 is 10.5. The van der Waals surface area contributed by atoms with Crippen LogP contribution in [0.25, 0.3) is 0 Å². The minimum Gasteiger partial charge on any atom is -0.449 e. The summed E-state index contributed by atoms with van der Waals surface area (Å²) in [4.78, 5) is 41.3. The molecule has 3 rings (SSSR count). The van der Waals surface area contributed by atoms with Gasteiger partial charge in [0.25, 0.3) is 5.69 Å². The molecule has 2 N–H and O–H groups in total. The summed E-state index contributed by atoms with van der Waals surface area (Å²) in [5.74, 6) is 0.208. The Labute approximate surface area is 197 Å². The lowest BCUT2D eigenvalue weighted by Gasteiger charge is -2.33. The molecule has 0 atom stereocenters. The van der Waals surface area contributed by atoms with Gasteiger partial charge in [0.05, 0.1) is 17.2 Å². The first kappa shape index (κ1) is 24.7. The van der Waals surface area contributed by atoms with E-state index in [1.54, 1.807) is 33.2 Å². The third-order valence-corrected chi connectivity index (χ3v) is 5.17. The Morgan fingerprint density at radius 3 is 2.41 bits per heavy atom. The monoisotopic (exact) mass is 471 g/mol. The minimum atomic E-state index is -0.771. The van der Waals surface area contributed by atoms with Gasteiger partial charge in [0.2, 0.25) is 0 Å². The molecular weight excluding hydrogens is 442 g/mol. The van der Waals surface area contributed by atoms with Crippen molar-refractivity contribution in [2.75, 3.05) is 35.2 Å². The molecule has 0 aliphatic carbocycles. The molecule has 1 aromatic carbocycles. The minimum absolute atomic E-state index is 0.0303. The van der Waals surface area contributed by atoms with Crippen molar-refractivity contribution in [1.82, 2.24) is 4.98 Å². The van der Waals surface area contributed by atoms with E-state index in [9.17, 15) is 19.7 Å². The number of benzene rings is 1. The molecule has 1 aliphatic heterocycles. The van der Waals surface area contributed by atoms with Crippen molar-refractivity contribution in [1.29, 1.82) is 0 Å². The molecule has 182 valence electrons. The average Bonchev–Trinajstić information content (AvgIpc) is 2.78. The molecule has 1 aliphatic rings. The van der Waals surface area contributed by atoms with Gasteiger partial charge in [-0.2, -0.15) is 0 Å². The summed E-state index contributed by atoms with van der Waals surface area (Å²) in [6, 6.07) is 7.84. The molecule has 34 heavy (non-hydrogen) atoms. The van der Waals surface area contributed by atoms with Crippen LogP contribution in [0.15, 0.2) is 42.7 Å². The second-order valence-electron chi connectivity index (χ2n) is 8.98. The standard InChI is InChI=1S/C23H29N5O6/c1-23(2,3)34-22(30)25-17-4-5-19(20(14-17)28(31)32)26-21(29)33-15-16-8-12-27(13-9-16)18-6-10-24-11-7-18/h4-7,10-11,14,16H,8-9,12-13,15H2,1-3H3,(H,25,30)(H,26,29). The van der Waals surface area contributed by atoms with Gasteiger partial charge in [-0.25, -0.2) is 9.59 Å². The largest absolute Gasteiger partial charge is 0.449 e. The molecule has 2 heterocycles. The van der Waals surface area contributed by atoms with Crippen LogP contribution >= 0.6 is 0 Å². The van der Waals surface area contributed by atoms with Gasteiger partial charge in [-0.15, -0.1) is 0 Å². The third-order valence-electron chi connectivity index (χ3n) is 5.17. The number of nitrogens with one attached hydrogen (secondary N) is 2. The molecule has 0 spiro atoms. The Kier molecular flexibility index (Phi) is 7.87. The molecule has 1 aromatic heterocycles. The Hall–Kier alpha value is -3.89. The molecule has 0 unspecified atom stereocenters. The zero-order chi connectivity index (χ0) is 24.7. The Morgan fingerprint density at radius 2 is 1.79 bits per heavy atom. The number of nitrogens with zero attached hydrogens (tertiary/aromatic N) is 3. The Balaban J connectivity index is 1.51. The Morgan fingerprint density at radius 1 is 1.12 bits per heavy atom. The molecule has 11 heteroatoms. The van der Waals surface area contributed by atoms with Crippen LogP contribution < -0.4 is 15.5 Å². The highest BCUT2D eigenvalue weighted by molar-refractivity contribution is 5.90. The van der Waals surface area contributed by atoms with E-state index in [0.29, 0.717) is 0 Å². The summed E-state index contributed by atoms with van der Waals surface area (Å²) in [5, 5.41) is 16.3. The number of aromatic nitrogens is 1. The van der Waals surface area contributed by atoms with Crippen molar-refractivity contribution < 1.29 is 24.0 Å². The first-order valence-corrected chi connectivity index (χ1v) is 11.0. The van der Waals surface area contributed by atoms with Crippen molar-refractivity contribution in [2.45, 2.75) is 39.2 Å². The van der Waals surface area contributed by atoms with Crippen molar-refractivity contribution in [3.8, 4) is 0 Å². The molecule has 11 nitrogen and oxygen atoms in total. The lowest BCUT2D eigenvalue weighted by molar-refractivity contribution is -0.383. The van der Waals surface area contributed by atoms with Gasteiger partial charge >= 0.3 is 12.2 Å². The van der Waals surface area contributed by atoms with Crippen LogP contribution in [0, 0.1) is 16.0 Å². The van der Waals surface area contributed by atoms with Crippen molar-refractivity contribution in [3.63, 3.8) is 0 Å². The number of rotatable bonds is 6. The molecule has 0 saturated carbocycles. The van der Waals surface area contributed by atoms with E-state index in [0.717, 1.165) is 37.7 Å². The summed E-state index contributed by atoms with van der Waals surface area (Å²) in [5.41, 5.74) is 0.162. The van der Waals surface area contributed by atoms with Crippen LogP contribution in [0.4, 0.5) is 32.3 Å². The van der Waals surface area contributed by atoms with Gasteiger partial charge < -0.3 is 14.4 Å². The zero-order valence-electron chi connectivity index (χ0n) is 19.4. The van der Waals surface area contributed by atoms with Gasteiger partial charge in [-0.05, 0) is 63.8 Å². The van der Waals surface area contributed by atoms with Crippen LogP contribution in [0.3, 0.4) is 0 Å². The predicted octanol–water partition coefficient (Wildman–Crippen LogP) is 4.80. The number of nitro groups is 1. The number of piperidine rings is 1. The van der Waals surface area contributed by atoms with E-state index in [1.165, 1.54) is 12.1 Å². The summed E-state index contributed by atoms with van der Waals surface area (Å²) in [6.07, 6.45) is 3.73. The highest BCUT2D eigenvalue weighted by Crippen LogP contribution is 2.29. The molecule has 1 fully saturated rings. The quantitative estimate of drug-likeness (QED) is 0.453. The fourth-order valence-electron chi connectivity index (χ4n) is 3.54. The number of hydrogen-bond acceptors (Lipinski definition) is 8. The molecule has 2 aromatic rings. The third kappa shape index (κ3) is 7.32. The molecular formula is C23H29N5O6. The fraction of sp³-hybridized carbons (Fsp3) is 0.435. The van der Waals surface area contributed by atoms with Crippen LogP contribution in [0.2, 0.25) is 0 Å². The number of carbonyl (C=O) groups excluding carboxylic acids is 2. The lowest BCUT2D eigenvalue weighted by Crippen LogP contribution is -2.35. The maximum Gasteiger partial charge on any atom is 0.412 e. The van der Waals surface area contributed by atoms with Gasteiger partial charge in [-0.1, -0.05) is 0 Å². The smallest absolute Gasteiger partial charge is 0.412 e. The summed E-state index contributed by atoms with van der Waals surface area (Å²) in [6.45, 7) is 7.03. The van der Waals surface area contributed by atoms with E-state index < -0.39 is 22.7 Å².